The molecule has 36 heavy (non-hydrogen) atoms. The Hall–Kier alpha value is -2.38. The average Bonchev–Trinajstić information content (AvgIpc) is 2.77. The number of halogens is 1. The van der Waals surface area contributed by atoms with Gasteiger partial charge in [0.1, 0.15) is 11.9 Å². The fourth-order valence-electron chi connectivity index (χ4n) is 5.27. The third kappa shape index (κ3) is 5.62. The van der Waals surface area contributed by atoms with Gasteiger partial charge < -0.3 is 20.2 Å². The van der Waals surface area contributed by atoms with Gasteiger partial charge in [-0.3, -0.25) is 4.21 Å². The lowest BCUT2D eigenvalue weighted by Gasteiger charge is -2.53. The SMILES string of the molecule is C=S(C)(=O)c1ccc([C@@H](C)Nc2nc(N3CC([C@@]4(C)CCCN(CCO)C4)C3)cnc2C#N)c(Cl)c1. The van der Waals surface area contributed by atoms with Crippen molar-refractivity contribution in [2.24, 2.45) is 11.3 Å². The average molecular weight is 531 g/mol. The van der Waals surface area contributed by atoms with E-state index in [9.17, 15) is 14.6 Å². The van der Waals surface area contributed by atoms with Gasteiger partial charge in [0.15, 0.2) is 11.5 Å². The van der Waals surface area contributed by atoms with Gasteiger partial charge in [-0.2, -0.15) is 5.26 Å². The van der Waals surface area contributed by atoms with Crippen LogP contribution in [0.2, 0.25) is 5.02 Å². The van der Waals surface area contributed by atoms with Gasteiger partial charge >= 0.3 is 0 Å². The first-order valence-electron chi connectivity index (χ1n) is 12.3. The standard InChI is InChI=1S/C26H35ClN6O2S/c1-18(21-7-6-20(12-22(21)27)36(3,4)35)30-25-23(13-28)29-14-24(31-25)33-15-19(16-33)26(2)8-5-9-32(17-26)10-11-34/h6-7,12,14,18-19,34H,3,5,8-11,15-17H2,1-2,4H3,(H,30,31)/t18-,26+,36?/m1/s1. The number of anilines is 2. The quantitative estimate of drug-likeness (QED) is 0.500. The minimum atomic E-state index is -2.36. The molecular formula is C26H35ClN6O2S. The molecule has 2 N–H and O–H groups in total. The number of benzene rings is 1. The number of nitrogens with zero attached hydrogens (tertiary/aromatic N) is 5. The summed E-state index contributed by atoms with van der Waals surface area (Å²) in [5, 5.41) is 22.7. The number of likely N-dealkylation sites (tertiary alicyclic amines) is 1. The minimum absolute atomic E-state index is 0.201. The molecule has 2 saturated heterocycles. The zero-order chi connectivity index (χ0) is 26.1. The van der Waals surface area contributed by atoms with Crippen LogP contribution in [0.3, 0.4) is 0 Å². The fourth-order valence-corrected chi connectivity index (χ4v) is 6.40. The van der Waals surface area contributed by atoms with Gasteiger partial charge in [0, 0.05) is 48.3 Å². The van der Waals surface area contributed by atoms with E-state index in [4.69, 9.17) is 16.6 Å². The van der Waals surface area contributed by atoms with E-state index in [1.165, 1.54) is 6.42 Å². The summed E-state index contributed by atoms with van der Waals surface area (Å²) in [4.78, 5) is 14.3. The molecule has 3 atom stereocenters. The minimum Gasteiger partial charge on any atom is -0.395 e. The second-order valence-corrected chi connectivity index (χ2v) is 13.3. The van der Waals surface area contributed by atoms with Crippen molar-refractivity contribution in [2.45, 2.75) is 37.6 Å². The Kier molecular flexibility index (Phi) is 7.81. The van der Waals surface area contributed by atoms with Gasteiger partial charge in [-0.15, -0.1) is 0 Å². The molecule has 0 radical (unpaired) electrons. The van der Waals surface area contributed by atoms with E-state index in [0.717, 1.165) is 50.5 Å². The summed E-state index contributed by atoms with van der Waals surface area (Å²) in [6.07, 6.45) is 5.60. The van der Waals surface area contributed by atoms with Crippen LogP contribution < -0.4 is 10.2 Å². The van der Waals surface area contributed by atoms with Crippen LogP contribution in [0.15, 0.2) is 29.3 Å². The number of aliphatic hydroxyl groups excluding tert-OH is 1. The maximum atomic E-state index is 12.3. The summed E-state index contributed by atoms with van der Waals surface area (Å²) < 4.78 is 12.3. The second kappa shape index (κ2) is 10.5. The van der Waals surface area contributed by atoms with E-state index in [0.29, 0.717) is 21.7 Å². The normalized spacial score (nSPS) is 23.4. The first-order chi connectivity index (χ1) is 17.0. The molecule has 10 heteroatoms. The van der Waals surface area contributed by atoms with Crippen molar-refractivity contribution in [2.75, 3.05) is 55.8 Å². The molecule has 2 aromatic rings. The lowest BCUT2D eigenvalue weighted by Crippen LogP contribution is -2.58. The van der Waals surface area contributed by atoms with E-state index in [1.807, 2.05) is 13.0 Å². The molecule has 0 aliphatic carbocycles. The molecule has 0 saturated carbocycles. The predicted molar refractivity (Wildman–Crippen MR) is 146 cm³/mol. The topological polar surface area (TPSA) is 105 Å². The van der Waals surface area contributed by atoms with Crippen LogP contribution >= 0.6 is 11.6 Å². The van der Waals surface area contributed by atoms with Gasteiger partial charge in [-0.05, 0) is 64.8 Å². The highest BCUT2D eigenvalue weighted by molar-refractivity contribution is 7.99. The Labute approximate surface area is 219 Å². The highest BCUT2D eigenvalue weighted by Crippen LogP contribution is 2.42. The van der Waals surface area contributed by atoms with E-state index < -0.39 is 9.52 Å². The Morgan fingerprint density at radius 2 is 2.19 bits per heavy atom. The van der Waals surface area contributed by atoms with E-state index in [-0.39, 0.29) is 23.8 Å². The smallest absolute Gasteiger partial charge is 0.183 e. The number of hydrogen-bond donors (Lipinski definition) is 2. The van der Waals surface area contributed by atoms with Gasteiger partial charge in [0.2, 0.25) is 0 Å². The van der Waals surface area contributed by atoms with Gasteiger partial charge in [0.05, 0.1) is 18.8 Å². The summed E-state index contributed by atoms with van der Waals surface area (Å²) in [6, 6.07) is 7.17. The number of piperidine rings is 1. The van der Waals surface area contributed by atoms with E-state index >= 15 is 0 Å². The van der Waals surface area contributed by atoms with Crippen molar-refractivity contribution in [3.05, 3.63) is 40.7 Å². The zero-order valence-corrected chi connectivity index (χ0v) is 22.8. The molecule has 1 aromatic heterocycles. The number of nitriles is 1. The Morgan fingerprint density at radius 1 is 1.44 bits per heavy atom. The lowest BCUT2D eigenvalue weighted by atomic mass is 9.68. The number of β-amino-alcohol motifs (C(OH)–C–C–N with tert-alkyl or cyclic N) is 1. The summed E-state index contributed by atoms with van der Waals surface area (Å²) in [7, 11) is -2.36. The Morgan fingerprint density at radius 3 is 2.83 bits per heavy atom. The first kappa shape index (κ1) is 26.7. The second-order valence-electron chi connectivity index (χ2n) is 10.5. The van der Waals surface area contributed by atoms with Crippen LogP contribution in [0.5, 0.6) is 0 Å². The van der Waals surface area contributed by atoms with Crippen LogP contribution in [0, 0.1) is 22.7 Å². The van der Waals surface area contributed by atoms with Crippen molar-refractivity contribution < 1.29 is 9.32 Å². The number of aliphatic hydroxyl groups is 1. The van der Waals surface area contributed by atoms with Crippen LogP contribution in [0.1, 0.15) is 44.0 Å². The Balaban J connectivity index is 1.46. The summed E-state index contributed by atoms with van der Waals surface area (Å²) >= 11 is 6.50. The van der Waals surface area contributed by atoms with Crippen molar-refractivity contribution >= 4 is 38.6 Å². The third-order valence-corrected chi connectivity index (χ3v) is 9.15. The van der Waals surface area contributed by atoms with Gasteiger partial charge in [-0.1, -0.05) is 24.6 Å². The number of hydrogen-bond acceptors (Lipinski definition) is 8. The molecule has 194 valence electrons. The summed E-state index contributed by atoms with van der Waals surface area (Å²) in [5.41, 5.74) is 1.25. The number of rotatable bonds is 8. The van der Waals surface area contributed by atoms with Crippen LogP contribution in [-0.2, 0) is 9.52 Å². The van der Waals surface area contributed by atoms with Gasteiger partial charge in [0.25, 0.3) is 0 Å². The van der Waals surface area contributed by atoms with E-state index in [1.54, 1.807) is 24.6 Å². The molecule has 1 unspecified atom stereocenters. The third-order valence-electron chi connectivity index (χ3n) is 7.57. The van der Waals surface area contributed by atoms with Crippen LogP contribution in [0.4, 0.5) is 11.6 Å². The van der Waals surface area contributed by atoms with Gasteiger partial charge in [-0.25, -0.2) is 9.97 Å². The van der Waals surface area contributed by atoms with Crippen molar-refractivity contribution in [3.63, 3.8) is 0 Å². The number of nitrogens with one attached hydrogen (secondary N) is 1. The maximum absolute atomic E-state index is 12.3. The van der Waals surface area contributed by atoms with Crippen molar-refractivity contribution in [1.29, 1.82) is 5.26 Å². The van der Waals surface area contributed by atoms with Crippen molar-refractivity contribution in [1.82, 2.24) is 14.9 Å². The molecule has 3 heterocycles. The predicted octanol–water partition coefficient (Wildman–Crippen LogP) is 3.41. The highest BCUT2D eigenvalue weighted by atomic mass is 35.5. The summed E-state index contributed by atoms with van der Waals surface area (Å²) in [5.74, 6) is 5.43. The van der Waals surface area contributed by atoms with Crippen LogP contribution in [-0.4, -0.2) is 75.6 Å². The molecule has 4 rings (SSSR count). The maximum Gasteiger partial charge on any atom is 0.183 e. The first-order valence-corrected chi connectivity index (χ1v) is 14.8. The van der Waals surface area contributed by atoms with E-state index in [2.05, 4.69) is 39.0 Å². The largest absolute Gasteiger partial charge is 0.395 e. The highest BCUT2D eigenvalue weighted by Gasteiger charge is 2.44. The fraction of sp³-hybridized carbons (Fsp3) is 0.538. The van der Waals surface area contributed by atoms with Crippen LogP contribution in [0.25, 0.3) is 0 Å². The Bertz CT molecular complexity index is 1260. The molecule has 0 bridgehead atoms. The van der Waals surface area contributed by atoms with Crippen molar-refractivity contribution in [3.8, 4) is 6.07 Å². The molecule has 0 spiro atoms. The zero-order valence-electron chi connectivity index (χ0n) is 21.2. The molecular weight excluding hydrogens is 496 g/mol. The number of aromatic nitrogens is 2. The molecule has 1 aromatic carbocycles. The molecule has 2 aliphatic rings. The molecule has 2 aliphatic heterocycles. The summed E-state index contributed by atoms with van der Waals surface area (Å²) in [6.45, 7) is 9.09. The molecule has 8 nitrogen and oxygen atoms in total. The molecule has 0 amide bonds. The lowest BCUT2D eigenvalue weighted by molar-refractivity contribution is 0.0288. The monoisotopic (exact) mass is 530 g/mol. The molecule has 2 fully saturated rings.